The van der Waals surface area contributed by atoms with Gasteiger partial charge in [-0.05, 0) is 24.6 Å². The van der Waals surface area contributed by atoms with Crippen LogP contribution in [0.15, 0.2) is 34.9 Å². The normalized spacial score (nSPS) is 20.7. The van der Waals surface area contributed by atoms with Gasteiger partial charge in [0.2, 0.25) is 5.91 Å². The number of benzene rings is 1. The number of aliphatic hydroxyl groups is 1. The second-order valence-corrected chi connectivity index (χ2v) is 8.29. The number of ether oxygens (including phenoxy) is 1. The van der Waals surface area contributed by atoms with Crippen molar-refractivity contribution in [2.75, 3.05) is 12.3 Å². The van der Waals surface area contributed by atoms with Crippen LogP contribution in [0.3, 0.4) is 0 Å². The Kier molecular flexibility index (Phi) is 6.81. The third-order valence-corrected chi connectivity index (χ3v) is 6.17. The lowest BCUT2D eigenvalue weighted by atomic mass is 9.83. The summed E-state index contributed by atoms with van der Waals surface area (Å²) in [5, 5.41) is 32.4. The molecule has 3 N–H and O–H groups in total. The Labute approximate surface area is 181 Å². The summed E-state index contributed by atoms with van der Waals surface area (Å²) in [5.41, 5.74) is 0.482. The topological polar surface area (TPSA) is 159 Å². The lowest BCUT2D eigenvalue weighted by molar-refractivity contribution is -0.384. The molecule has 166 valence electrons. The smallest absolute Gasteiger partial charge is 0.407 e. The second-order valence-electron chi connectivity index (χ2n) is 7.10. The molecular formula is C19H21N3O8S. The number of alkyl carbamates (subject to hydrolysis) is 1. The molecule has 0 bridgehead atoms. The Morgan fingerprint density at radius 2 is 2.06 bits per heavy atom. The summed E-state index contributed by atoms with van der Waals surface area (Å²) in [6.45, 7) is 1.67. The Bertz CT molecular complexity index is 931. The molecule has 0 spiro atoms. The fraction of sp³-hybridized carbons (Fsp3) is 0.421. The van der Waals surface area contributed by atoms with Crippen LogP contribution in [0.25, 0.3) is 0 Å². The van der Waals surface area contributed by atoms with Crippen LogP contribution in [0.5, 0.6) is 0 Å². The zero-order valence-electron chi connectivity index (χ0n) is 16.5. The zero-order chi connectivity index (χ0) is 22.7. The molecule has 0 unspecified atom stereocenters. The molecule has 11 nitrogen and oxygen atoms in total. The molecule has 1 fully saturated rings. The van der Waals surface area contributed by atoms with Gasteiger partial charge in [0.1, 0.15) is 12.3 Å². The highest BCUT2D eigenvalue weighted by Crippen LogP contribution is 2.46. The number of aliphatic carboxylic acids is 1. The van der Waals surface area contributed by atoms with E-state index in [0.29, 0.717) is 22.6 Å². The Balaban J connectivity index is 1.44. The number of aliphatic hydroxyl groups excluding tert-OH is 1. The van der Waals surface area contributed by atoms with Crippen LogP contribution in [0.4, 0.5) is 10.5 Å². The van der Waals surface area contributed by atoms with Crippen molar-refractivity contribution in [3.05, 3.63) is 50.5 Å². The molecule has 2 amide bonds. The number of non-ortho nitro benzene ring substituents is 1. The van der Waals surface area contributed by atoms with E-state index in [0.717, 1.165) is 0 Å². The number of nitro groups is 1. The van der Waals surface area contributed by atoms with Crippen LogP contribution >= 0.6 is 11.8 Å². The average Bonchev–Trinajstić information content (AvgIpc) is 3.04. The number of fused-ring (bicyclic) bond motifs is 1. The van der Waals surface area contributed by atoms with Gasteiger partial charge in [-0.25, -0.2) is 9.59 Å². The minimum atomic E-state index is -1.20. The fourth-order valence-corrected chi connectivity index (χ4v) is 4.66. The minimum absolute atomic E-state index is 0.0508. The number of carboxylic acid groups (broad SMARTS) is 1. The number of rotatable bonds is 9. The number of nitro benzene ring substituents is 1. The van der Waals surface area contributed by atoms with E-state index in [1.165, 1.54) is 47.9 Å². The second kappa shape index (κ2) is 9.35. The van der Waals surface area contributed by atoms with Gasteiger partial charge in [0.15, 0.2) is 0 Å². The number of hydrogen-bond acceptors (Lipinski definition) is 8. The van der Waals surface area contributed by atoms with Crippen molar-refractivity contribution in [2.24, 2.45) is 5.92 Å². The van der Waals surface area contributed by atoms with Gasteiger partial charge in [0.05, 0.1) is 23.0 Å². The average molecular weight is 451 g/mol. The van der Waals surface area contributed by atoms with Crippen LogP contribution in [0.1, 0.15) is 18.9 Å². The maximum atomic E-state index is 12.2. The van der Waals surface area contributed by atoms with Gasteiger partial charge in [0, 0.05) is 35.8 Å². The molecule has 2 heterocycles. The van der Waals surface area contributed by atoms with Gasteiger partial charge in [-0.15, -0.1) is 11.8 Å². The molecule has 31 heavy (non-hydrogen) atoms. The number of hydrogen-bond donors (Lipinski definition) is 3. The van der Waals surface area contributed by atoms with Crippen molar-refractivity contribution in [3.8, 4) is 0 Å². The Morgan fingerprint density at radius 3 is 2.65 bits per heavy atom. The van der Waals surface area contributed by atoms with Gasteiger partial charge in [-0.2, -0.15) is 0 Å². The number of nitrogens with zero attached hydrogens (tertiary/aromatic N) is 2. The third kappa shape index (κ3) is 4.80. The van der Waals surface area contributed by atoms with Gasteiger partial charge < -0.3 is 25.2 Å². The van der Waals surface area contributed by atoms with Crippen molar-refractivity contribution >= 4 is 35.4 Å². The number of amides is 2. The molecular weight excluding hydrogens is 430 g/mol. The largest absolute Gasteiger partial charge is 0.477 e. The van der Waals surface area contributed by atoms with Crippen molar-refractivity contribution in [1.29, 1.82) is 0 Å². The first kappa shape index (κ1) is 22.6. The Hall–Kier alpha value is -3.12. The fourth-order valence-electron chi connectivity index (χ4n) is 3.60. The SMILES string of the molecule is C[C@H](O)[C@H]1C(=O)N2C(C(=O)O)=C(SCCNC(=O)OCc3ccc([N+](=O)[O-])cc3)C[C@H]12. The molecule has 2 aliphatic rings. The minimum Gasteiger partial charge on any atom is -0.477 e. The summed E-state index contributed by atoms with van der Waals surface area (Å²) in [6, 6.07) is 5.28. The number of β-lactam (4-membered cyclic amide) rings is 1. The van der Waals surface area contributed by atoms with Crippen LogP contribution in [0, 0.1) is 16.0 Å². The quantitative estimate of drug-likeness (QED) is 0.219. The molecule has 1 aromatic rings. The number of carbonyl (C=O) groups is 3. The van der Waals surface area contributed by atoms with Crippen LogP contribution in [-0.2, 0) is 20.9 Å². The van der Waals surface area contributed by atoms with Crippen molar-refractivity contribution in [2.45, 2.75) is 32.1 Å². The summed E-state index contributed by atoms with van der Waals surface area (Å²) < 4.78 is 5.04. The van der Waals surface area contributed by atoms with Gasteiger partial charge in [-0.1, -0.05) is 0 Å². The highest BCUT2D eigenvalue weighted by molar-refractivity contribution is 8.03. The highest BCUT2D eigenvalue weighted by Gasteiger charge is 2.56. The van der Waals surface area contributed by atoms with E-state index in [9.17, 15) is 34.7 Å². The van der Waals surface area contributed by atoms with Crippen molar-refractivity contribution < 1.29 is 34.3 Å². The predicted octanol–water partition coefficient (Wildman–Crippen LogP) is 1.46. The number of thioether (sulfide) groups is 1. The summed E-state index contributed by atoms with van der Waals surface area (Å²) in [4.78, 5) is 47.4. The van der Waals surface area contributed by atoms with E-state index in [2.05, 4.69) is 5.32 Å². The number of carboxylic acids is 1. The van der Waals surface area contributed by atoms with E-state index in [-0.39, 0.29) is 36.5 Å². The number of nitrogens with one attached hydrogen (secondary N) is 1. The molecule has 0 aromatic heterocycles. The van der Waals surface area contributed by atoms with E-state index < -0.39 is 29.0 Å². The summed E-state index contributed by atoms with van der Waals surface area (Å²) >= 11 is 1.23. The van der Waals surface area contributed by atoms with E-state index >= 15 is 0 Å². The molecule has 0 radical (unpaired) electrons. The summed E-state index contributed by atoms with van der Waals surface area (Å²) in [5.74, 6) is -1.81. The van der Waals surface area contributed by atoms with Crippen LogP contribution in [0.2, 0.25) is 0 Å². The first-order valence-electron chi connectivity index (χ1n) is 9.45. The predicted molar refractivity (Wildman–Crippen MR) is 109 cm³/mol. The van der Waals surface area contributed by atoms with Crippen molar-refractivity contribution in [1.82, 2.24) is 10.2 Å². The van der Waals surface area contributed by atoms with Crippen molar-refractivity contribution in [3.63, 3.8) is 0 Å². The lowest BCUT2D eigenvalue weighted by Gasteiger charge is -2.44. The van der Waals surface area contributed by atoms with E-state index in [4.69, 9.17) is 4.74 Å². The molecule has 12 heteroatoms. The first-order chi connectivity index (χ1) is 14.7. The van der Waals surface area contributed by atoms with Crippen LogP contribution < -0.4 is 5.32 Å². The zero-order valence-corrected chi connectivity index (χ0v) is 17.3. The number of carbonyl (C=O) groups excluding carboxylic acids is 2. The molecule has 1 saturated heterocycles. The molecule has 0 saturated carbocycles. The summed E-state index contributed by atoms with van der Waals surface area (Å²) in [6.07, 6.45) is -1.16. The van der Waals surface area contributed by atoms with Gasteiger partial charge >= 0.3 is 12.1 Å². The standard InChI is InChI=1S/C19H21N3O8S/c1-10(23)15-13-8-14(16(18(25)26)21(13)17(15)24)31-7-6-20-19(27)30-9-11-2-4-12(5-3-11)22(28)29/h2-5,10,13,15,23H,6-9H2,1H3,(H,20,27)(H,25,26)/t10-,13+,15+/m0/s1. The maximum Gasteiger partial charge on any atom is 0.407 e. The Morgan fingerprint density at radius 1 is 1.39 bits per heavy atom. The summed E-state index contributed by atoms with van der Waals surface area (Å²) in [7, 11) is 0. The van der Waals surface area contributed by atoms with E-state index in [1.54, 1.807) is 0 Å². The monoisotopic (exact) mass is 451 g/mol. The molecule has 2 aliphatic heterocycles. The highest BCUT2D eigenvalue weighted by atomic mass is 32.2. The molecule has 3 atom stereocenters. The van der Waals surface area contributed by atoms with Gasteiger partial charge in [-0.3, -0.25) is 14.9 Å². The van der Waals surface area contributed by atoms with Crippen LogP contribution in [-0.4, -0.2) is 62.4 Å². The lowest BCUT2D eigenvalue weighted by Crippen LogP contribution is -2.61. The van der Waals surface area contributed by atoms with Gasteiger partial charge in [0.25, 0.3) is 5.69 Å². The molecule has 0 aliphatic carbocycles. The third-order valence-electron chi connectivity index (χ3n) is 5.06. The first-order valence-corrected chi connectivity index (χ1v) is 10.4. The molecule has 1 aromatic carbocycles. The maximum absolute atomic E-state index is 12.2. The molecule has 3 rings (SSSR count). The van der Waals surface area contributed by atoms with E-state index in [1.807, 2.05) is 0 Å².